The molecule has 2 N–H and O–H groups in total. The predicted octanol–water partition coefficient (Wildman–Crippen LogP) is 7.72. The quantitative estimate of drug-likeness (QED) is 0.293. The Balaban J connectivity index is 1.54. The van der Waals surface area contributed by atoms with Crippen LogP contribution in [0.25, 0.3) is 5.83 Å². The number of benzene rings is 3. The Hall–Kier alpha value is -3.15. The number of rotatable bonds is 6. The summed E-state index contributed by atoms with van der Waals surface area (Å²) in [5.41, 5.74) is 0.838. The van der Waals surface area contributed by atoms with E-state index in [9.17, 15) is 23.6 Å². The molecule has 5 nitrogen and oxygen atoms in total. The minimum absolute atomic E-state index is 0.0102. The van der Waals surface area contributed by atoms with Gasteiger partial charge in [-0.3, -0.25) is 9.59 Å². The third-order valence-corrected chi connectivity index (χ3v) is 7.25. The maximum absolute atomic E-state index is 13.7. The van der Waals surface area contributed by atoms with Crippen LogP contribution in [0.5, 0.6) is 0 Å². The summed E-state index contributed by atoms with van der Waals surface area (Å²) in [5, 5.41) is 14.7. The molecule has 1 aliphatic carbocycles. The molecule has 2 amide bonds. The molecule has 1 fully saturated rings. The summed E-state index contributed by atoms with van der Waals surface area (Å²) in [6.45, 7) is 3.26. The highest BCUT2D eigenvalue weighted by Crippen LogP contribution is 2.65. The Morgan fingerprint density at radius 1 is 1.03 bits per heavy atom. The fourth-order valence-corrected chi connectivity index (χ4v) is 5.20. The topological polar surface area (TPSA) is 82.0 Å². The van der Waals surface area contributed by atoms with Gasteiger partial charge in [-0.15, -0.1) is 23.2 Å². The molecule has 3 aromatic rings. The van der Waals surface area contributed by atoms with Gasteiger partial charge >= 0.3 is 0 Å². The second-order valence-electron chi connectivity index (χ2n) is 8.25. The molecular formula is C26H15Cl4F2N3O2. The van der Waals surface area contributed by atoms with Crippen LogP contribution in [0.2, 0.25) is 10.0 Å². The van der Waals surface area contributed by atoms with E-state index >= 15 is 0 Å². The second-order valence-corrected chi connectivity index (χ2v) is 10.5. The molecule has 4 rings (SSSR count). The molecule has 0 radical (unpaired) electrons. The lowest BCUT2D eigenvalue weighted by molar-refractivity contribution is -0.117. The first-order valence-electron chi connectivity index (χ1n) is 10.6. The number of hydrogen-bond acceptors (Lipinski definition) is 3. The van der Waals surface area contributed by atoms with Crippen LogP contribution in [-0.2, 0) is 4.79 Å². The fraction of sp³-hybridized carbons (Fsp3) is 0.115. The molecule has 188 valence electrons. The van der Waals surface area contributed by atoms with E-state index in [1.807, 2.05) is 0 Å². The lowest BCUT2D eigenvalue weighted by Crippen LogP contribution is -2.18. The lowest BCUT2D eigenvalue weighted by Gasteiger charge is -2.11. The summed E-state index contributed by atoms with van der Waals surface area (Å²) in [7, 11) is 0. The molecule has 0 bridgehead atoms. The van der Waals surface area contributed by atoms with E-state index < -0.39 is 39.6 Å². The molecule has 2 atom stereocenters. The van der Waals surface area contributed by atoms with Crippen molar-refractivity contribution in [3.63, 3.8) is 0 Å². The van der Waals surface area contributed by atoms with Crippen molar-refractivity contribution < 1.29 is 18.4 Å². The molecule has 0 aliphatic heterocycles. The second kappa shape index (κ2) is 10.3. The summed E-state index contributed by atoms with van der Waals surface area (Å²) in [6.07, 6.45) is 0. The van der Waals surface area contributed by atoms with Crippen molar-refractivity contribution in [2.24, 2.45) is 5.92 Å². The average Bonchev–Trinajstić information content (AvgIpc) is 3.42. The third-order valence-electron chi connectivity index (χ3n) is 5.76. The monoisotopic (exact) mass is 579 g/mol. The van der Waals surface area contributed by atoms with Crippen LogP contribution >= 0.6 is 46.4 Å². The van der Waals surface area contributed by atoms with Gasteiger partial charge in [0, 0.05) is 22.2 Å². The summed E-state index contributed by atoms with van der Waals surface area (Å²) >= 11 is 25.1. The van der Waals surface area contributed by atoms with Gasteiger partial charge in [0.05, 0.1) is 27.8 Å². The van der Waals surface area contributed by atoms with E-state index in [0.29, 0.717) is 5.56 Å². The number of anilines is 2. The number of nitriles is 1. The smallest absolute Gasteiger partial charge is 0.257 e. The zero-order valence-corrected chi connectivity index (χ0v) is 21.6. The predicted molar refractivity (Wildman–Crippen MR) is 141 cm³/mol. The standard InChI is InChI=1S/C26H15Cl4F2N3O2/c1-12(31)13-6-14(8-16(27)7-13)22-23(26(22,29)30)25(37)34-18-3-4-20(28)19(10-18)24(36)35-21-5-2-17(32)9-15(21)11-33/h2-10,22-23H,1H2,(H,34,37)(H,35,36)/t22-,23+/m1/s1. The van der Waals surface area contributed by atoms with Crippen LogP contribution in [0, 0.1) is 23.1 Å². The van der Waals surface area contributed by atoms with Crippen molar-refractivity contribution in [1.82, 2.24) is 0 Å². The van der Waals surface area contributed by atoms with Crippen LogP contribution in [0.4, 0.5) is 20.2 Å². The van der Waals surface area contributed by atoms with E-state index in [1.165, 1.54) is 36.4 Å². The number of amides is 2. The van der Waals surface area contributed by atoms with Crippen molar-refractivity contribution in [3.05, 3.63) is 99.3 Å². The van der Waals surface area contributed by atoms with E-state index in [1.54, 1.807) is 12.1 Å². The number of halogens is 6. The van der Waals surface area contributed by atoms with Crippen LogP contribution in [-0.4, -0.2) is 16.1 Å². The number of nitrogens with one attached hydrogen (secondary N) is 2. The molecule has 0 saturated heterocycles. The van der Waals surface area contributed by atoms with Gasteiger partial charge < -0.3 is 10.6 Å². The Morgan fingerprint density at radius 2 is 1.76 bits per heavy atom. The van der Waals surface area contributed by atoms with E-state index in [-0.39, 0.29) is 38.1 Å². The molecular weight excluding hydrogens is 566 g/mol. The number of alkyl halides is 2. The van der Waals surface area contributed by atoms with E-state index in [2.05, 4.69) is 17.2 Å². The highest BCUT2D eigenvalue weighted by atomic mass is 35.5. The highest BCUT2D eigenvalue weighted by molar-refractivity contribution is 6.53. The van der Waals surface area contributed by atoms with Gasteiger partial charge in [-0.25, -0.2) is 8.78 Å². The van der Waals surface area contributed by atoms with Gasteiger partial charge in [-0.05, 0) is 60.2 Å². The van der Waals surface area contributed by atoms with Crippen LogP contribution in [0.15, 0.2) is 61.2 Å². The SMILES string of the molecule is C=C(F)c1cc(Cl)cc([C@@H]2[C@@H](C(=O)Nc3ccc(Cl)c(C(=O)Nc4ccc(F)cc4C#N)c3)C2(Cl)Cl)c1. The fourth-order valence-electron chi connectivity index (χ4n) is 3.92. The van der Waals surface area contributed by atoms with Crippen molar-refractivity contribution in [2.75, 3.05) is 10.6 Å². The Bertz CT molecular complexity index is 1500. The van der Waals surface area contributed by atoms with Crippen molar-refractivity contribution >= 4 is 75.4 Å². The van der Waals surface area contributed by atoms with Gasteiger partial charge in [-0.2, -0.15) is 5.26 Å². The molecule has 11 heteroatoms. The van der Waals surface area contributed by atoms with Crippen molar-refractivity contribution in [1.29, 1.82) is 5.26 Å². The van der Waals surface area contributed by atoms with Crippen LogP contribution in [0.1, 0.15) is 33.0 Å². The van der Waals surface area contributed by atoms with Crippen LogP contribution in [0.3, 0.4) is 0 Å². The summed E-state index contributed by atoms with van der Waals surface area (Å²) < 4.78 is 25.6. The summed E-state index contributed by atoms with van der Waals surface area (Å²) in [5.74, 6) is -4.14. The van der Waals surface area contributed by atoms with Crippen molar-refractivity contribution in [3.8, 4) is 6.07 Å². The highest BCUT2D eigenvalue weighted by Gasteiger charge is 2.67. The Kier molecular flexibility index (Phi) is 7.50. The van der Waals surface area contributed by atoms with E-state index in [4.69, 9.17) is 46.4 Å². The first-order chi connectivity index (χ1) is 17.4. The molecule has 37 heavy (non-hydrogen) atoms. The zero-order valence-electron chi connectivity index (χ0n) is 18.6. The summed E-state index contributed by atoms with van der Waals surface area (Å²) in [6, 6.07) is 13.7. The largest absolute Gasteiger partial charge is 0.326 e. The van der Waals surface area contributed by atoms with E-state index in [0.717, 1.165) is 12.1 Å². The van der Waals surface area contributed by atoms with Gasteiger partial charge in [0.2, 0.25) is 5.91 Å². The molecule has 1 aliphatic rings. The van der Waals surface area contributed by atoms with Gasteiger partial charge in [0.1, 0.15) is 22.0 Å². The minimum atomic E-state index is -1.48. The molecule has 3 aromatic carbocycles. The molecule has 0 spiro atoms. The van der Waals surface area contributed by atoms with Gasteiger partial charge in [0.25, 0.3) is 5.91 Å². The van der Waals surface area contributed by atoms with Crippen LogP contribution < -0.4 is 10.6 Å². The number of nitrogens with zero attached hydrogens (tertiary/aromatic N) is 1. The first-order valence-corrected chi connectivity index (χ1v) is 12.1. The minimum Gasteiger partial charge on any atom is -0.326 e. The van der Waals surface area contributed by atoms with Crippen molar-refractivity contribution in [2.45, 2.75) is 10.3 Å². The van der Waals surface area contributed by atoms with Gasteiger partial charge in [-0.1, -0.05) is 29.8 Å². The zero-order chi connectivity index (χ0) is 27.1. The maximum Gasteiger partial charge on any atom is 0.257 e. The maximum atomic E-state index is 13.7. The molecule has 1 saturated carbocycles. The number of carbonyl (C=O) groups is 2. The molecule has 0 unspecified atom stereocenters. The normalized spacial score (nSPS) is 17.4. The molecule has 0 heterocycles. The third kappa shape index (κ3) is 5.58. The summed E-state index contributed by atoms with van der Waals surface area (Å²) in [4.78, 5) is 25.9. The Labute approximate surface area is 230 Å². The number of hydrogen-bond donors (Lipinski definition) is 2. The number of carbonyl (C=O) groups excluding carboxylic acids is 2. The lowest BCUT2D eigenvalue weighted by atomic mass is 10.0. The Morgan fingerprint density at radius 3 is 2.43 bits per heavy atom. The van der Waals surface area contributed by atoms with Gasteiger partial charge in [0.15, 0.2) is 0 Å². The average molecular weight is 581 g/mol. The first kappa shape index (κ1) is 26.9. The molecule has 0 aromatic heterocycles.